The van der Waals surface area contributed by atoms with Crippen molar-refractivity contribution in [1.82, 2.24) is 4.90 Å². The highest BCUT2D eigenvalue weighted by atomic mass is 15.1. The van der Waals surface area contributed by atoms with Gasteiger partial charge in [-0.15, -0.1) is 6.58 Å². The molecule has 0 aromatic carbocycles. The van der Waals surface area contributed by atoms with Gasteiger partial charge in [0.05, 0.1) is 0 Å². The number of rotatable bonds is 6. The van der Waals surface area contributed by atoms with Crippen LogP contribution in [0.4, 0.5) is 0 Å². The largest absolute Gasteiger partial charge is 0.302 e. The molecular formula is C18H33N. The molecule has 110 valence electrons. The maximum Gasteiger partial charge on any atom is 0.0233 e. The zero-order valence-electron chi connectivity index (χ0n) is 14.4. The van der Waals surface area contributed by atoms with Crippen molar-refractivity contribution in [3.63, 3.8) is 0 Å². The van der Waals surface area contributed by atoms with Gasteiger partial charge in [-0.25, -0.2) is 0 Å². The summed E-state index contributed by atoms with van der Waals surface area (Å²) in [5, 5.41) is 0. The molecule has 0 radical (unpaired) electrons. The minimum Gasteiger partial charge on any atom is -0.302 e. The number of likely N-dealkylation sites (N-methyl/N-ethyl adjacent to an activating group) is 1. The molecule has 0 N–H and O–H groups in total. The standard InChI is InChI=1S/C18H33N/c1-10-11-12-19(9)13-16(14(2)3)17(15(4)5)18(6,7)8/h10H,1,11-13H2,2-9H3. The van der Waals surface area contributed by atoms with Crippen LogP contribution >= 0.6 is 0 Å². The maximum absolute atomic E-state index is 3.80. The SMILES string of the molecule is C=CCCN(C)CC(=C(C)C)C(=C(C)C)C(C)(C)C. The molecule has 0 unspecified atom stereocenters. The molecular weight excluding hydrogens is 230 g/mol. The van der Waals surface area contributed by atoms with Crippen molar-refractivity contribution in [2.45, 2.75) is 54.9 Å². The first-order valence-electron chi connectivity index (χ1n) is 7.25. The fraction of sp³-hybridized carbons (Fsp3) is 0.667. The van der Waals surface area contributed by atoms with E-state index in [4.69, 9.17) is 0 Å². The molecule has 0 bridgehead atoms. The van der Waals surface area contributed by atoms with Crippen LogP contribution in [-0.4, -0.2) is 25.0 Å². The zero-order valence-corrected chi connectivity index (χ0v) is 14.4. The predicted octanol–water partition coefficient (Wildman–Crippen LogP) is 5.21. The number of allylic oxidation sites excluding steroid dienone is 2. The first kappa shape index (κ1) is 18.2. The van der Waals surface area contributed by atoms with E-state index in [9.17, 15) is 0 Å². The maximum atomic E-state index is 3.80. The Balaban J connectivity index is 5.30. The van der Waals surface area contributed by atoms with E-state index in [1.165, 1.54) is 22.3 Å². The summed E-state index contributed by atoms with van der Waals surface area (Å²) >= 11 is 0. The molecule has 0 aromatic rings. The quantitative estimate of drug-likeness (QED) is 0.469. The molecule has 0 fully saturated rings. The Morgan fingerprint density at radius 1 is 1.05 bits per heavy atom. The van der Waals surface area contributed by atoms with Crippen LogP contribution in [-0.2, 0) is 0 Å². The Morgan fingerprint density at radius 2 is 1.58 bits per heavy atom. The summed E-state index contributed by atoms with van der Waals surface area (Å²) in [6.07, 6.45) is 3.04. The lowest BCUT2D eigenvalue weighted by atomic mass is 9.78. The van der Waals surface area contributed by atoms with E-state index in [2.05, 4.69) is 67.0 Å². The number of nitrogens with zero attached hydrogens (tertiary/aromatic N) is 1. The van der Waals surface area contributed by atoms with Crippen molar-refractivity contribution >= 4 is 0 Å². The monoisotopic (exact) mass is 263 g/mol. The van der Waals surface area contributed by atoms with E-state index in [0.717, 1.165) is 19.5 Å². The number of hydrogen-bond acceptors (Lipinski definition) is 1. The molecule has 0 aromatic heterocycles. The van der Waals surface area contributed by atoms with Crippen LogP contribution in [0.5, 0.6) is 0 Å². The van der Waals surface area contributed by atoms with E-state index in [0.29, 0.717) is 0 Å². The van der Waals surface area contributed by atoms with Crippen LogP contribution in [0.2, 0.25) is 0 Å². The summed E-state index contributed by atoms with van der Waals surface area (Å²) in [5.74, 6) is 0. The van der Waals surface area contributed by atoms with Gasteiger partial charge in [0.25, 0.3) is 0 Å². The van der Waals surface area contributed by atoms with Crippen molar-refractivity contribution < 1.29 is 0 Å². The lowest BCUT2D eigenvalue weighted by Crippen LogP contribution is -2.26. The Labute approximate surface area is 121 Å². The van der Waals surface area contributed by atoms with Gasteiger partial charge in [-0.2, -0.15) is 0 Å². The second-order valence-electron chi connectivity index (χ2n) is 6.92. The van der Waals surface area contributed by atoms with Gasteiger partial charge in [0.15, 0.2) is 0 Å². The van der Waals surface area contributed by atoms with Gasteiger partial charge in [-0.05, 0) is 57.7 Å². The average molecular weight is 263 g/mol. The molecule has 0 saturated carbocycles. The lowest BCUT2D eigenvalue weighted by Gasteiger charge is -2.31. The third kappa shape index (κ3) is 6.24. The van der Waals surface area contributed by atoms with Gasteiger partial charge in [0.2, 0.25) is 0 Å². The van der Waals surface area contributed by atoms with Crippen LogP contribution in [0.1, 0.15) is 54.9 Å². The Kier molecular flexibility index (Phi) is 7.36. The van der Waals surface area contributed by atoms with Gasteiger partial charge in [0.1, 0.15) is 0 Å². The lowest BCUT2D eigenvalue weighted by molar-refractivity contribution is 0.363. The van der Waals surface area contributed by atoms with Crippen molar-refractivity contribution in [2.75, 3.05) is 20.1 Å². The average Bonchev–Trinajstić information content (AvgIpc) is 2.22. The third-order valence-corrected chi connectivity index (χ3v) is 3.30. The molecule has 0 aliphatic heterocycles. The first-order valence-corrected chi connectivity index (χ1v) is 7.25. The summed E-state index contributed by atoms with van der Waals surface area (Å²) in [5.41, 5.74) is 6.07. The number of hydrogen-bond donors (Lipinski definition) is 0. The summed E-state index contributed by atoms with van der Waals surface area (Å²) in [4.78, 5) is 2.39. The topological polar surface area (TPSA) is 3.24 Å². The van der Waals surface area contributed by atoms with E-state index >= 15 is 0 Å². The second-order valence-corrected chi connectivity index (χ2v) is 6.92. The minimum absolute atomic E-state index is 0.199. The van der Waals surface area contributed by atoms with Crippen LogP contribution in [0.15, 0.2) is 34.9 Å². The molecule has 0 heterocycles. The van der Waals surface area contributed by atoms with Crippen LogP contribution in [0, 0.1) is 5.41 Å². The summed E-state index contributed by atoms with van der Waals surface area (Å²) < 4.78 is 0. The smallest absolute Gasteiger partial charge is 0.0233 e. The summed E-state index contributed by atoms with van der Waals surface area (Å²) in [6.45, 7) is 21.7. The molecule has 1 nitrogen and oxygen atoms in total. The fourth-order valence-corrected chi connectivity index (χ4v) is 2.65. The zero-order chi connectivity index (χ0) is 15.2. The van der Waals surface area contributed by atoms with Crippen LogP contribution < -0.4 is 0 Å². The van der Waals surface area contributed by atoms with Gasteiger partial charge >= 0.3 is 0 Å². The van der Waals surface area contributed by atoms with Gasteiger partial charge in [0, 0.05) is 13.1 Å². The molecule has 0 saturated heterocycles. The Hall–Kier alpha value is -0.820. The van der Waals surface area contributed by atoms with E-state index in [-0.39, 0.29) is 5.41 Å². The highest BCUT2D eigenvalue weighted by Crippen LogP contribution is 2.35. The molecule has 19 heavy (non-hydrogen) atoms. The molecule has 0 amide bonds. The highest BCUT2D eigenvalue weighted by molar-refractivity contribution is 5.41. The van der Waals surface area contributed by atoms with Crippen molar-refractivity contribution in [1.29, 1.82) is 0 Å². The molecule has 0 rings (SSSR count). The minimum atomic E-state index is 0.199. The Bertz CT molecular complexity index is 356. The third-order valence-electron chi connectivity index (χ3n) is 3.30. The molecule has 0 atom stereocenters. The van der Waals surface area contributed by atoms with E-state index in [1.807, 2.05) is 6.08 Å². The summed E-state index contributed by atoms with van der Waals surface area (Å²) in [7, 11) is 2.19. The van der Waals surface area contributed by atoms with Crippen molar-refractivity contribution in [2.24, 2.45) is 5.41 Å². The van der Waals surface area contributed by atoms with Crippen molar-refractivity contribution in [3.8, 4) is 0 Å². The van der Waals surface area contributed by atoms with Crippen LogP contribution in [0.3, 0.4) is 0 Å². The normalized spacial score (nSPS) is 11.4. The predicted molar refractivity (Wildman–Crippen MR) is 88.5 cm³/mol. The first-order chi connectivity index (χ1) is 8.61. The van der Waals surface area contributed by atoms with Gasteiger partial charge < -0.3 is 4.90 Å². The molecule has 1 heteroatoms. The van der Waals surface area contributed by atoms with Crippen molar-refractivity contribution in [3.05, 3.63) is 34.9 Å². The highest BCUT2D eigenvalue weighted by Gasteiger charge is 2.23. The van der Waals surface area contributed by atoms with Gasteiger partial charge in [-0.1, -0.05) is 38.0 Å². The second kappa shape index (κ2) is 7.69. The Morgan fingerprint density at radius 3 is 1.89 bits per heavy atom. The molecule has 0 spiro atoms. The summed E-state index contributed by atoms with van der Waals surface area (Å²) in [6, 6.07) is 0. The molecule has 0 aliphatic rings. The fourth-order valence-electron chi connectivity index (χ4n) is 2.65. The van der Waals surface area contributed by atoms with Crippen LogP contribution in [0.25, 0.3) is 0 Å². The molecule has 0 aliphatic carbocycles. The van der Waals surface area contributed by atoms with E-state index < -0.39 is 0 Å². The van der Waals surface area contributed by atoms with E-state index in [1.54, 1.807) is 0 Å². The van der Waals surface area contributed by atoms with Gasteiger partial charge in [-0.3, -0.25) is 0 Å².